The first-order chi connectivity index (χ1) is 4.70. The molecule has 0 aliphatic heterocycles. The van der Waals surface area contributed by atoms with E-state index in [0.717, 1.165) is 0 Å². The Morgan fingerprint density at radius 3 is 2.80 bits per heavy atom. The Morgan fingerprint density at radius 1 is 1.70 bits per heavy atom. The van der Waals surface area contributed by atoms with Crippen LogP contribution in [0.1, 0.15) is 5.82 Å². The molecule has 51 valence electrons. The van der Waals surface area contributed by atoms with Crippen molar-refractivity contribution in [1.29, 1.82) is 5.41 Å². The highest BCUT2D eigenvalue weighted by molar-refractivity contribution is 5.91. The van der Waals surface area contributed by atoms with Gasteiger partial charge in [0, 0.05) is 12.3 Å². The van der Waals surface area contributed by atoms with Crippen molar-refractivity contribution in [1.82, 2.24) is 9.97 Å². The van der Waals surface area contributed by atoms with Gasteiger partial charge in [0.2, 0.25) is 0 Å². The smallest absolute Gasteiger partial charge is 0.196 e. The molecule has 5 nitrogen and oxygen atoms in total. The lowest BCUT2D eigenvalue weighted by Gasteiger charge is -1.94. The van der Waals surface area contributed by atoms with Gasteiger partial charge >= 0.3 is 0 Å². The number of anilines is 1. The fraction of sp³-hybridized carbons (Fsp3) is 0. The molecule has 10 heavy (non-hydrogen) atoms. The molecule has 1 rings (SSSR count). The van der Waals surface area contributed by atoms with Gasteiger partial charge in [-0.2, -0.15) is 0 Å². The lowest BCUT2D eigenvalue weighted by molar-refractivity contribution is 1.12. The predicted octanol–water partition coefficient (Wildman–Crippen LogP) is -0.857. The largest absolute Gasteiger partial charge is 0.383 e. The van der Waals surface area contributed by atoms with E-state index in [1.54, 1.807) is 0 Å². The third-order valence-corrected chi connectivity index (χ3v) is 0.867. The van der Waals surface area contributed by atoms with Gasteiger partial charge in [-0.3, -0.25) is 5.41 Å². The highest BCUT2D eigenvalue weighted by atomic mass is 15.0. The zero-order chi connectivity index (χ0) is 7.56. The van der Waals surface area contributed by atoms with Gasteiger partial charge in [0.15, 0.2) is 11.7 Å². The fourth-order valence-corrected chi connectivity index (χ4v) is 0.465. The maximum Gasteiger partial charge on any atom is 0.196 e. The zero-order valence-corrected chi connectivity index (χ0v) is 5.13. The molecule has 1 aromatic rings. The van der Waals surface area contributed by atoms with Gasteiger partial charge in [0.05, 0.1) is 0 Å². The maximum absolute atomic E-state index is 6.92. The van der Waals surface area contributed by atoms with Crippen LogP contribution < -0.4 is 11.5 Å². The maximum atomic E-state index is 6.92. The molecule has 5 N–H and O–H groups in total. The second-order valence-electron chi connectivity index (χ2n) is 1.64. The van der Waals surface area contributed by atoms with E-state index in [1.807, 2.05) is 0 Å². The van der Waals surface area contributed by atoms with Crippen LogP contribution in [0.4, 0.5) is 5.82 Å². The molecule has 0 aliphatic carbocycles. The summed E-state index contributed by atoms with van der Waals surface area (Å²) < 4.78 is 0. The van der Waals surface area contributed by atoms with Gasteiger partial charge in [-0.1, -0.05) is 0 Å². The molecule has 0 unspecified atom stereocenters. The fourth-order valence-electron chi connectivity index (χ4n) is 0.465. The highest BCUT2D eigenvalue weighted by Crippen LogP contribution is 1.92. The first-order valence-corrected chi connectivity index (χ1v) is 2.55. The molecule has 0 saturated heterocycles. The lowest BCUT2D eigenvalue weighted by Crippen LogP contribution is -2.15. The summed E-state index contributed by atoms with van der Waals surface area (Å²) in [5.41, 5.74) is 10.3. The Bertz CT molecular complexity index is 256. The monoisotopic (exact) mass is 136 g/mol. The molecule has 0 amide bonds. The topological polar surface area (TPSA) is 102 Å². The summed E-state index contributed by atoms with van der Waals surface area (Å²) >= 11 is 0. The van der Waals surface area contributed by atoms with Gasteiger partial charge < -0.3 is 11.5 Å². The molecule has 0 spiro atoms. The SMILES string of the molecule is N=C(N)c1nc[c]c(N)n1. The summed E-state index contributed by atoms with van der Waals surface area (Å²) in [6, 6.07) is 2.53. The Kier molecular flexibility index (Phi) is 1.49. The normalized spacial score (nSPS) is 9.20. The van der Waals surface area contributed by atoms with E-state index in [9.17, 15) is 0 Å². The average molecular weight is 136 g/mol. The minimum atomic E-state index is -0.194. The van der Waals surface area contributed by atoms with Crippen molar-refractivity contribution in [2.45, 2.75) is 0 Å². The quantitative estimate of drug-likeness (QED) is 0.345. The summed E-state index contributed by atoms with van der Waals surface area (Å²) in [5, 5.41) is 6.92. The standard InChI is InChI=1S/C5H6N5/c6-3-1-2-9-5(10-3)4(7)8/h2H,(H3,7,8)(H2,6,9,10). The van der Waals surface area contributed by atoms with Crippen LogP contribution in [0.25, 0.3) is 0 Å². The number of nitrogens with one attached hydrogen (secondary N) is 1. The first kappa shape index (κ1) is 6.47. The van der Waals surface area contributed by atoms with Gasteiger partial charge in [-0.15, -0.1) is 0 Å². The summed E-state index contributed by atoms with van der Waals surface area (Å²) in [4.78, 5) is 7.28. The van der Waals surface area contributed by atoms with E-state index in [0.29, 0.717) is 0 Å². The first-order valence-electron chi connectivity index (χ1n) is 2.55. The number of amidine groups is 1. The third kappa shape index (κ3) is 1.19. The summed E-state index contributed by atoms with van der Waals surface area (Å²) in [5.74, 6) is 0.136. The molecule has 1 heterocycles. The number of nitrogens with zero attached hydrogens (tertiary/aromatic N) is 2. The number of rotatable bonds is 1. The molecule has 1 radical (unpaired) electrons. The molecule has 0 fully saturated rings. The molecule has 0 aliphatic rings. The van der Waals surface area contributed by atoms with Crippen LogP contribution in [-0.4, -0.2) is 15.8 Å². The molecule has 1 aromatic heterocycles. The highest BCUT2D eigenvalue weighted by Gasteiger charge is 1.97. The lowest BCUT2D eigenvalue weighted by atomic mass is 10.5. The summed E-state index contributed by atoms with van der Waals surface area (Å²) in [6.45, 7) is 0. The van der Waals surface area contributed by atoms with E-state index in [4.69, 9.17) is 16.9 Å². The number of hydrogen-bond donors (Lipinski definition) is 3. The van der Waals surface area contributed by atoms with E-state index in [1.165, 1.54) is 6.20 Å². The van der Waals surface area contributed by atoms with Crippen LogP contribution >= 0.6 is 0 Å². The van der Waals surface area contributed by atoms with Crippen molar-refractivity contribution in [2.24, 2.45) is 5.73 Å². The molecule has 0 atom stereocenters. The van der Waals surface area contributed by atoms with E-state index >= 15 is 0 Å². The van der Waals surface area contributed by atoms with Crippen LogP contribution in [0.2, 0.25) is 0 Å². The van der Waals surface area contributed by atoms with Crippen molar-refractivity contribution in [3.63, 3.8) is 0 Å². The average Bonchev–Trinajstić information content (AvgIpc) is 1.88. The molecule has 0 aromatic carbocycles. The van der Waals surface area contributed by atoms with Gasteiger partial charge in [-0.05, 0) is 0 Å². The van der Waals surface area contributed by atoms with Crippen molar-refractivity contribution in [3.05, 3.63) is 18.1 Å². The van der Waals surface area contributed by atoms with E-state index in [2.05, 4.69) is 16.0 Å². The van der Waals surface area contributed by atoms with Crippen LogP contribution in [0.15, 0.2) is 6.20 Å². The van der Waals surface area contributed by atoms with Gasteiger partial charge in [0.1, 0.15) is 5.82 Å². The second kappa shape index (κ2) is 2.30. The number of nitrogen functional groups attached to an aromatic ring is 2. The summed E-state index contributed by atoms with van der Waals surface area (Å²) in [6.07, 6.45) is 1.33. The molecule has 0 bridgehead atoms. The molecular formula is C5H6N5. The minimum Gasteiger partial charge on any atom is -0.383 e. The molecular weight excluding hydrogens is 130 g/mol. The summed E-state index contributed by atoms with van der Waals surface area (Å²) in [7, 11) is 0. The Morgan fingerprint density at radius 2 is 2.40 bits per heavy atom. The second-order valence-corrected chi connectivity index (χ2v) is 1.64. The van der Waals surface area contributed by atoms with Gasteiger partial charge in [-0.25, -0.2) is 9.97 Å². The Balaban J connectivity index is 3.07. The Hall–Kier alpha value is -1.65. The van der Waals surface area contributed by atoms with Crippen molar-refractivity contribution in [3.8, 4) is 0 Å². The van der Waals surface area contributed by atoms with Crippen LogP contribution in [0.5, 0.6) is 0 Å². The minimum absolute atomic E-state index is 0.135. The zero-order valence-electron chi connectivity index (χ0n) is 5.13. The Labute approximate surface area is 57.6 Å². The predicted molar refractivity (Wildman–Crippen MR) is 36.3 cm³/mol. The van der Waals surface area contributed by atoms with Crippen LogP contribution in [0, 0.1) is 11.5 Å². The number of hydrogen-bond acceptors (Lipinski definition) is 4. The third-order valence-electron chi connectivity index (χ3n) is 0.867. The van der Waals surface area contributed by atoms with Crippen molar-refractivity contribution in [2.75, 3.05) is 5.73 Å². The number of aromatic nitrogens is 2. The van der Waals surface area contributed by atoms with Crippen molar-refractivity contribution < 1.29 is 0 Å². The van der Waals surface area contributed by atoms with E-state index in [-0.39, 0.29) is 17.5 Å². The number of nitrogens with two attached hydrogens (primary N) is 2. The molecule has 0 saturated carbocycles. The van der Waals surface area contributed by atoms with E-state index < -0.39 is 0 Å². The van der Waals surface area contributed by atoms with Crippen molar-refractivity contribution >= 4 is 11.7 Å². The van der Waals surface area contributed by atoms with Crippen LogP contribution in [0.3, 0.4) is 0 Å². The molecule has 5 heteroatoms. The van der Waals surface area contributed by atoms with Gasteiger partial charge in [0.25, 0.3) is 0 Å². The van der Waals surface area contributed by atoms with Crippen LogP contribution in [-0.2, 0) is 0 Å².